The summed E-state index contributed by atoms with van der Waals surface area (Å²) in [5.41, 5.74) is 0.145. The highest BCUT2D eigenvalue weighted by molar-refractivity contribution is 7.89. The third kappa shape index (κ3) is 5.55. The first-order valence-electron chi connectivity index (χ1n) is 9.63. The molecular weight excluding hydrogens is 397 g/mol. The van der Waals surface area contributed by atoms with E-state index in [1.165, 1.54) is 40.7 Å². The van der Waals surface area contributed by atoms with E-state index in [1.54, 1.807) is 12.1 Å². The number of carbonyl (C=O) groups excluding carboxylic acids is 1. The van der Waals surface area contributed by atoms with E-state index < -0.39 is 21.8 Å². The van der Waals surface area contributed by atoms with Crippen LogP contribution in [0.2, 0.25) is 0 Å². The van der Waals surface area contributed by atoms with Gasteiger partial charge in [-0.3, -0.25) is 0 Å². The van der Waals surface area contributed by atoms with Gasteiger partial charge < -0.3 is 9.47 Å². The Morgan fingerprint density at radius 3 is 2.41 bits per heavy atom. The summed E-state index contributed by atoms with van der Waals surface area (Å²) in [5.74, 6) is -1.07. The van der Waals surface area contributed by atoms with E-state index >= 15 is 0 Å². The summed E-state index contributed by atoms with van der Waals surface area (Å²) in [4.78, 5) is 12.4. The van der Waals surface area contributed by atoms with Gasteiger partial charge in [-0.15, -0.1) is 0 Å². The minimum atomic E-state index is -3.65. The largest absolute Gasteiger partial charge is 0.487 e. The highest BCUT2D eigenvalue weighted by Gasteiger charge is 2.26. The van der Waals surface area contributed by atoms with E-state index in [0.29, 0.717) is 13.1 Å². The number of sulfonamides is 1. The zero-order valence-corrected chi connectivity index (χ0v) is 16.9. The fourth-order valence-corrected chi connectivity index (χ4v) is 4.71. The number of para-hydroxylation sites is 1. The average Bonchev–Trinajstić information content (AvgIpc) is 3.02. The molecule has 156 valence electrons. The Morgan fingerprint density at radius 2 is 1.69 bits per heavy atom. The van der Waals surface area contributed by atoms with Crippen molar-refractivity contribution in [3.05, 3.63) is 59.9 Å². The molecule has 2 aromatic carbocycles. The molecule has 1 aliphatic rings. The second-order valence-corrected chi connectivity index (χ2v) is 8.70. The minimum Gasteiger partial charge on any atom is -0.487 e. The lowest BCUT2D eigenvalue weighted by Crippen LogP contribution is -2.32. The molecule has 3 rings (SSSR count). The number of rotatable bonds is 7. The van der Waals surface area contributed by atoms with E-state index in [4.69, 9.17) is 9.47 Å². The second-order valence-electron chi connectivity index (χ2n) is 6.76. The first-order chi connectivity index (χ1) is 14.0. The van der Waals surface area contributed by atoms with Crippen molar-refractivity contribution in [2.75, 3.05) is 26.3 Å². The van der Waals surface area contributed by atoms with E-state index in [2.05, 4.69) is 0 Å². The zero-order valence-electron chi connectivity index (χ0n) is 16.1. The Morgan fingerprint density at radius 1 is 0.966 bits per heavy atom. The van der Waals surface area contributed by atoms with Gasteiger partial charge in [0.2, 0.25) is 10.0 Å². The van der Waals surface area contributed by atoms with Crippen molar-refractivity contribution in [1.82, 2.24) is 4.31 Å². The summed E-state index contributed by atoms with van der Waals surface area (Å²) >= 11 is 0. The molecule has 0 amide bonds. The van der Waals surface area contributed by atoms with Gasteiger partial charge in [-0.2, -0.15) is 4.31 Å². The van der Waals surface area contributed by atoms with Crippen LogP contribution in [-0.2, 0) is 14.8 Å². The molecule has 0 atom stereocenters. The van der Waals surface area contributed by atoms with Crippen molar-refractivity contribution in [2.45, 2.75) is 30.6 Å². The number of ether oxygens (including phenoxy) is 2. The number of esters is 1. The Labute approximate surface area is 170 Å². The number of carbonyl (C=O) groups is 1. The monoisotopic (exact) mass is 421 g/mol. The van der Waals surface area contributed by atoms with E-state index in [-0.39, 0.29) is 29.4 Å². The molecule has 1 saturated heterocycles. The van der Waals surface area contributed by atoms with Crippen LogP contribution in [0.3, 0.4) is 0 Å². The highest BCUT2D eigenvalue weighted by Crippen LogP contribution is 2.21. The Bertz CT molecular complexity index is 940. The summed E-state index contributed by atoms with van der Waals surface area (Å²) in [6.45, 7) is 0.878. The summed E-state index contributed by atoms with van der Waals surface area (Å²) in [7, 11) is -3.65. The van der Waals surface area contributed by atoms with E-state index in [9.17, 15) is 17.6 Å². The fraction of sp³-hybridized carbons (Fsp3) is 0.381. The van der Waals surface area contributed by atoms with Gasteiger partial charge in [-0.05, 0) is 43.2 Å². The molecular formula is C21H24FNO5S. The van der Waals surface area contributed by atoms with Crippen molar-refractivity contribution in [1.29, 1.82) is 0 Å². The standard InChI is InChI=1S/C21H24FNO5S/c22-19-10-3-4-11-20(19)27-14-15-28-21(24)17-8-7-9-18(16-17)29(25,26)23-12-5-1-2-6-13-23/h3-4,7-11,16H,1-2,5-6,12-15H2. The highest BCUT2D eigenvalue weighted by atomic mass is 32.2. The smallest absolute Gasteiger partial charge is 0.338 e. The van der Waals surface area contributed by atoms with Crippen LogP contribution in [0.15, 0.2) is 53.4 Å². The SMILES string of the molecule is O=C(OCCOc1ccccc1F)c1cccc(S(=O)(=O)N2CCCCCC2)c1. The summed E-state index contributed by atoms with van der Waals surface area (Å²) in [6, 6.07) is 11.8. The number of nitrogens with zero attached hydrogens (tertiary/aromatic N) is 1. The molecule has 8 heteroatoms. The number of halogens is 1. The maximum atomic E-state index is 13.5. The maximum Gasteiger partial charge on any atom is 0.338 e. The molecule has 1 aliphatic heterocycles. The van der Waals surface area contributed by atoms with Crippen LogP contribution < -0.4 is 4.74 Å². The molecule has 6 nitrogen and oxygen atoms in total. The number of hydrogen-bond donors (Lipinski definition) is 0. The molecule has 0 saturated carbocycles. The van der Waals surface area contributed by atoms with Gasteiger partial charge in [0.15, 0.2) is 11.6 Å². The van der Waals surface area contributed by atoms with Gasteiger partial charge in [-0.1, -0.05) is 31.0 Å². The molecule has 0 aromatic heterocycles. The molecule has 0 aliphatic carbocycles. The second kappa shape index (κ2) is 9.84. The average molecular weight is 421 g/mol. The Kier molecular flexibility index (Phi) is 7.22. The van der Waals surface area contributed by atoms with Crippen molar-refractivity contribution in [3.63, 3.8) is 0 Å². The quantitative estimate of drug-likeness (QED) is 0.504. The van der Waals surface area contributed by atoms with Gasteiger partial charge in [0.05, 0.1) is 10.5 Å². The van der Waals surface area contributed by atoms with Crippen molar-refractivity contribution >= 4 is 16.0 Å². The molecule has 29 heavy (non-hydrogen) atoms. The molecule has 0 bridgehead atoms. The Balaban J connectivity index is 1.59. The van der Waals surface area contributed by atoms with Gasteiger partial charge in [0, 0.05) is 13.1 Å². The van der Waals surface area contributed by atoms with E-state index in [0.717, 1.165) is 25.7 Å². The summed E-state index contributed by atoms with van der Waals surface area (Å²) < 4.78 is 51.1. The Hall–Kier alpha value is -2.45. The maximum absolute atomic E-state index is 13.5. The van der Waals surface area contributed by atoms with Gasteiger partial charge in [0.1, 0.15) is 13.2 Å². The predicted molar refractivity (Wildman–Crippen MR) is 106 cm³/mol. The topological polar surface area (TPSA) is 72.9 Å². The molecule has 0 N–H and O–H groups in total. The summed E-state index contributed by atoms with van der Waals surface area (Å²) in [5, 5.41) is 0. The molecule has 0 radical (unpaired) electrons. The third-order valence-electron chi connectivity index (χ3n) is 4.68. The normalized spacial score (nSPS) is 15.5. The molecule has 2 aromatic rings. The van der Waals surface area contributed by atoms with Gasteiger partial charge in [0.25, 0.3) is 0 Å². The summed E-state index contributed by atoms with van der Waals surface area (Å²) in [6.07, 6.45) is 3.71. The molecule has 1 heterocycles. The van der Waals surface area contributed by atoms with Crippen LogP contribution in [0.1, 0.15) is 36.0 Å². The third-order valence-corrected chi connectivity index (χ3v) is 6.58. The van der Waals surface area contributed by atoms with Crippen LogP contribution in [0.4, 0.5) is 4.39 Å². The van der Waals surface area contributed by atoms with Gasteiger partial charge >= 0.3 is 5.97 Å². The van der Waals surface area contributed by atoms with Crippen LogP contribution in [-0.4, -0.2) is 45.0 Å². The number of hydrogen-bond acceptors (Lipinski definition) is 5. The number of benzene rings is 2. The molecule has 1 fully saturated rings. The van der Waals surface area contributed by atoms with Crippen molar-refractivity contribution < 1.29 is 27.1 Å². The lowest BCUT2D eigenvalue weighted by atomic mass is 10.2. The molecule has 0 spiro atoms. The van der Waals surface area contributed by atoms with E-state index in [1.807, 2.05) is 0 Å². The first kappa shape index (κ1) is 21.3. The minimum absolute atomic E-state index is 0.0154. The van der Waals surface area contributed by atoms with Crippen molar-refractivity contribution in [3.8, 4) is 5.75 Å². The zero-order chi connectivity index (χ0) is 20.7. The van der Waals surface area contributed by atoms with Crippen molar-refractivity contribution in [2.24, 2.45) is 0 Å². The lowest BCUT2D eigenvalue weighted by molar-refractivity contribution is 0.0448. The fourth-order valence-electron chi connectivity index (χ4n) is 3.15. The first-order valence-corrected chi connectivity index (χ1v) is 11.1. The molecule has 0 unspecified atom stereocenters. The van der Waals surface area contributed by atoms with Gasteiger partial charge in [-0.25, -0.2) is 17.6 Å². The van der Waals surface area contributed by atoms with Crippen LogP contribution in [0.5, 0.6) is 5.75 Å². The van der Waals surface area contributed by atoms with Crippen LogP contribution in [0, 0.1) is 5.82 Å². The van der Waals surface area contributed by atoms with Crippen LogP contribution >= 0.6 is 0 Å². The lowest BCUT2D eigenvalue weighted by Gasteiger charge is -2.20. The predicted octanol–water partition coefficient (Wildman–Crippen LogP) is 3.63. The van der Waals surface area contributed by atoms with Crippen LogP contribution in [0.25, 0.3) is 0 Å².